The molecular formula is C11H12N3O6P. The first-order chi connectivity index (χ1) is 10.4. The number of aromatic nitrogens is 2. The number of ether oxygens (including phenoxy) is 1. The molecule has 0 radical (unpaired) electrons. The molecule has 3 N–H and O–H groups in total. The van der Waals surface area contributed by atoms with E-state index in [0.29, 0.717) is 0 Å². The van der Waals surface area contributed by atoms with Crippen molar-refractivity contribution < 1.29 is 25.7 Å². The van der Waals surface area contributed by atoms with Crippen LogP contribution in [0.25, 0.3) is 0 Å². The minimum absolute atomic E-state index is 0.0692. The molecule has 10 heteroatoms. The molecule has 1 aliphatic heterocycles. The van der Waals surface area contributed by atoms with Crippen molar-refractivity contribution in [3.63, 3.8) is 0 Å². The topological polar surface area (TPSA) is 131 Å². The molecular weight excluding hydrogens is 301 g/mol. The SMILES string of the molecule is [2H][C@]1(O)C[C@H](n2ccc(NC(=O)C#P=O)nc2=O)O[C@@H]1CO. The van der Waals surface area contributed by atoms with Gasteiger partial charge < -0.3 is 0 Å². The van der Waals surface area contributed by atoms with E-state index in [2.05, 4.69) is 10.3 Å². The summed E-state index contributed by atoms with van der Waals surface area (Å²) in [5.74, 6) is -0.875. The van der Waals surface area contributed by atoms with Gasteiger partial charge in [-0.3, -0.25) is 0 Å². The average molecular weight is 314 g/mol. The Morgan fingerprint density at radius 2 is 2.52 bits per heavy atom. The van der Waals surface area contributed by atoms with Gasteiger partial charge in [0.2, 0.25) is 0 Å². The number of amides is 1. The van der Waals surface area contributed by atoms with Gasteiger partial charge in [-0.25, -0.2) is 0 Å². The second kappa shape index (κ2) is 6.80. The normalized spacial score (nSPS) is 28.6. The van der Waals surface area contributed by atoms with Gasteiger partial charge in [-0.05, 0) is 0 Å². The third-order valence-electron chi connectivity index (χ3n) is 2.77. The molecule has 1 fully saturated rings. The van der Waals surface area contributed by atoms with Crippen molar-refractivity contribution in [3.8, 4) is 5.63 Å². The summed E-state index contributed by atoms with van der Waals surface area (Å²) in [7, 11) is -0.596. The van der Waals surface area contributed by atoms with Gasteiger partial charge in [0, 0.05) is 0 Å². The van der Waals surface area contributed by atoms with Crippen LogP contribution in [0.15, 0.2) is 17.1 Å². The van der Waals surface area contributed by atoms with Crippen molar-refractivity contribution in [3.05, 3.63) is 22.7 Å². The summed E-state index contributed by atoms with van der Waals surface area (Å²) in [5.41, 5.74) is 1.13. The molecule has 1 aromatic heterocycles. The first-order valence-corrected chi connectivity index (χ1v) is 6.66. The monoisotopic (exact) mass is 314 g/mol. The van der Waals surface area contributed by atoms with Crippen LogP contribution < -0.4 is 11.0 Å². The summed E-state index contributed by atoms with van der Waals surface area (Å²) in [6, 6.07) is 1.29. The minimum atomic E-state index is -2.01. The van der Waals surface area contributed by atoms with E-state index >= 15 is 0 Å². The van der Waals surface area contributed by atoms with Gasteiger partial charge in [-0.15, -0.1) is 0 Å². The molecule has 1 amide bonds. The number of rotatable bonds is 3. The first-order valence-electron chi connectivity index (χ1n) is 6.34. The second-order valence-corrected chi connectivity index (χ2v) is 4.52. The molecule has 0 aliphatic carbocycles. The third kappa shape index (κ3) is 3.66. The van der Waals surface area contributed by atoms with E-state index in [4.69, 9.17) is 11.2 Å². The number of hydrogen-bond donors (Lipinski definition) is 3. The van der Waals surface area contributed by atoms with E-state index in [0.717, 1.165) is 4.57 Å². The van der Waals surface area contributed by atoms with Crippen molar-refractivity contribution in [2.24, 2.45) is 0 Å². The van der Waals surface area contributed by atoms with Crippen LogP contribution in [-0.2, 0) is 14.1 Å². The fourth-order valence-electron chi connectivity index (χ4n) is 1.83. The van der Waals surface area contributed by atoms with Gasteiger partial charge in [0.25, 0.3) is 0 Å². The number of nitrogens with one attached hydrogen (secondary N) is 1. The van der Waals surface area contributed by atoms with Gasteiger partial charge in [0.1, 0.15) is 0 Å². The summed E-state index contributed by atoms with van der Waals surface area (Å²) >= 11 is 0. The van der Waals surface area contributed by atoms with Crippen LogP contribution in [0.4, 0.5) is 5.82 Å². The van der Waals surface area contributed by atoms with E-state index in [9.17, 15) is 19.3 Å². The number of anilines is 1. The van der Waals surface area contributed by atoms with E-state index in [1.807, 2.05) is 5.63 Å². The summed E-state index contributed by atoms with van der Waals surface area (Å²) < 4.78 is 24.1. The number of hydrogen-bond acceptors (Lipinski definition) is 7. The van der Waals surface area contributed by atoms with E-state index in [1.165, 1.54) is 12.3 Å². The van der Waals surface area contributed by atoms with Crippen LogP contribution in [-0.4, -0.2) is 44.5 Å². The molecule has 1 saturated heterocycles. The Morgan fingerprint density at radius 1 is 1.76 bits per heavy atom. The molecule has 21 heavy (non-hydrogen) atoms. The van der Waals surface area contributed by atoms with Gasteiger partial charge in [-0.2, -0.15) is 0 Å². The number of carbonyl (C=O) groups is 1. The maximum absolute atomic E-state index is 11.9. The molecule has 0 bridgehead atoms. The molecule has 9 nitrogen and oxygen atoms in total. The van der Waals surface area contributed by atoms with Crippen LogP contribution in [0.3, 0.4) is 0 Å². The summed E-state index contributed by atoms with van der Waals surface area (Å²) in [6.07, 6.45) is -3.06. The van der Waals surface area contributed by atoms with Crippen molar-refractivity contribution in [1.82, 2.24) is 9.55 Å². The quantitative estimate of drug-likeness (QED) is 0.614. The number of aliphatic hydroxyl groups is 2. The molecule has 1 aromatic rings. The summed E-state index contributed by atoms with van der Waals surface area (Å²) in [5, 5.41) is 21.0. The number of carbonyl (C=O) groups excluding carboxylic acids is 1. The van der Waals surface area contributed by atoms with Crippen molar-refractivity contribution >= 4 is 19.6 Å². The zero-order valence-electron chi connectivity index (χ0n) is 11.6. The second-order valence-electron chi connectivity index (χ2n) is 4.12. The number of nitrogens with zero attached hydrogens (tertiary/aromatic N) is 2. The van der Waals surface area contributed by atoms with Crippen LogP contribution in [0.1, 0.15) is 14.0 Å². The Morgan fingerprint density at radius 3 is 3.10 bits per heavy atom. The molecule has 0 saturated carbocycles. The van der Waals surface area contributed by atoms with Crippen LogP contribution in [0, 0.1) is 5.63 Å². The van der Waals surface area contributed by atoms with Crippen LogP contribution in [0.2, 0.25) is 0 Å². The number of aliphatic hydroxyl groups excluding tert-OH is 1. The van der Waals surface area contributed by atoms with Gasteiger partial charge >= 0.3 is 120 Å². The Kier molecular flexibility index (Phi) is 4.59. The predicted molar refractivity (Wildman–Crippen MR) is 70.2 cm³/mol. The molecule has 0 unspecified atom stereocenters. The fourth-order valence-corrected chi connectivity index (χ4v) is 1.96. The third-order valence-corrected chi connectivity index (χ3v) is 3.07. The van der Waals surface area contributed by atoms with E-state index < -0.39 is 44.5 Å². The molecule has 0 spiro atoms. The average Bonchev–Trinajstić information content (AvgIpc) is 2.73. The Bertz CT molecular complexity index is 745. The van der Waals surface area contributed by atoms with E-state index in [-0.39, 0.29) is 12.2 Å². The molecule has 2 heterocycles. The van der Waals surface area contributed by atoms with E-state index in [1.54, 1.807) is 0 Å². The van der Waals surface area contributed by atoms with Gasteiger partial charge in [0.15, 0.2) is 0 Å². The van der Waals surface area contributed by atoms with Gasteiger partial charge in [0.05, 0.1) is 0 Å². The Labute approximate surface area is 121 Å². The zero-order chi connectivity index (χ0) is 16.3. The van der Waals surface area contributed by atoms with Crippen molar-refractivity contribution in [2.75, 3.05) is 11.9 Å². The Balaban J connectivity index is 2.20. The van der Waals surface area contributed by atoms with Gasteiger partial charge in [-0.1, -0.05) is 0 Å². The van der Waals surface area contributed by atoms with Crippen molar-refractivity contribution in [1.29, 1.82) is 0 Å². The summed E-state index contributed by atoms with van der Waals surface area (Å²) in [6.45, 7) is -0.563. The Hall–Kier alpha value is -1.76. The zero-order valence-corrected chi connectivity index (χ0v) is 11.5. The fraction of sp³-hybridized carbons (Fsp3) is 0.455. The van der Waals surface area contributed by atoms with Crippen LogP contribution in [0.5, 0.6) is 0 Å². The molecule has 1 aliphatic rings. The first kappa shape index (κ1) is 14.2. The maximum atomic E-state index is 11.9. The predicted octanol–water partition coefficient (Wildman–Crippen LogP) is -0.927. The standard InChI is InChI=1S/C11H12N3O6P/c15-4-7-6(16)3-10(20-7)14-2-1-8(13-11(14)18)12-9(17)5-21-19/h1-2,6-7,10,15-16H,3-4H2,(H,12,13,17,18)/t6-,7+,10+/m0/s1/i6D. The molecule has 0 aromatic carbocycles. The molecule has 112 valence electrons. The molecule has 3 atom stereocenters. The van der Waals surface area contributed by atoms with Crippen LogP contribution >= 0.6 is 7.92 Å². The summed E-state index contributed by atoms with van der Waals surface area (Å²) in [4.78, 5) is 26.6. The van der Waals surface area contributed by atoms with Crippen molar-refractivity contribution in [2.45, 2.75) is 24.8 Å². The molecule has 2 rings (SSSR count).